The number of halogens is 1. The highest BCUT2D eigenvalue weighted by Crippen LogP contribution is 2.31. The van der Waals surface area contributed by atoms with Gasteiger partial charge in [-0.05, 0) is 45.3 Å². The number of benzene rings is 1. The maximum Gasteiger partial charge on any atom is 0.250 e. The van der Waals surface area contributed by atoms with Gasteiger partial charge in [0.05, 0.1) is 10.2 Å². The number of carbonyl (C=O) groups is 1. The number of thiazole rings is 1. The summed E-state index contributed by atoms with van der Waals surface area (Å²) in [6.45, 7) is 1.68. The summed E-state index contributed by atoms with van der Waals surface area (Å²) >= 11 is 5.00. The molecule has 132 valence electrons. The van der Waals surface area contributed by atoms with Gasteiger partial charge in [-0.25, -0.2) is 14.6 Å². The molecular weight excluding hydrogens is 404 g/mol. The number of carbonyl (C=O) groups excluding carboxylic acids is 1. The van der Waals surface area contributed by atoms with E-state index in [1.54, 1.807) is 11.2 Å². The zero-order valence-corrected chi connectivity index (χ0v) is 16.5. The van der Waals surface area contributed by atoms with E-state index in [1.165, 1.54) is 22.3 Å². The summed E-state index contributed by atoms with van der Waals surface area (Å²) in [6.07, 6.45) is 3.85. The van der Waals surface area contributed by atoms with Crippen molar-refractivity contribution in [3.8, 4) is 0 Å². The van der Waals surface area contributed by atoms with Gasteiger partial charge in [0, 0.05) is 11.0 Å². The molecule has 1 aromatic carbocycles. The molecular formula is C16H19BrN6OS. The van der Waals surface area contributed by atoms with Gasteiger partial charge in [0.2, 0.25) is 0 Å². The monoisotopic (exact) mass is 422 g/mol. The number of aromatic nitrogens is 4. The van der Waals surface area contributed by atoms with Crippen molar-refractivity contribution in [1.29, 1.82) is 0 Å². The van der Waals surface area contributed by atoms with Crippen LogP contribution in [0.1, 0.15) is 6.42 Å². The first-order chi connectivity index (χ1) is 12.0. The van der Waals surface area contributed by atoms with Gasteiger partial charge in [-0.1, -0.05) is 27.3 Å². The number of anilines is 1. The molecule has 0 fully saturated rings. The smallest absolute Gasteiger partial charge is 0.250 e. The summed E-state index contributed by atoms with van der Waals surface area (Å²) in [5.41, 5.74) is 0.898. The minimum atomic E-state index is -0.0395. The number of rotatable bonds is 7. The maximum absolute atomic E-state index is 12.8. The molecule has 0 radical (unpaired) electrons. The van der Waals surface area contributed by atoms with Crippen LogP contribution in [-0.4, -0.2) is 57.7 Å². The van der Waals surface area contributed by atoms with Crippen LogP contribution >= 0.6 is 27.3 Å². The van der Waals surface area contributed by atoms with Crippen molar-refractivity contribution in [2.24, 2.45) is 0 Å². The van der Waals surface area contributed by atoms with Crippen LogP contribution in [0.5, 0.6) is 0 Å². The zero-order chi connectivity index (χ0) is 17.8. The first-order valence-electron chi connectivity index (χ1n) is 7.86. The largest absolute Gasteiger partial charge is 0.309 e. The predicted molar refractivity (Wildman–Crippen MR) is 103 cm³/mol. The van der Waals surface area contributed by atoms with E-state index in [-0.39, 0.29) is 12.5 Å². The molecule has 0 unspecified atom stereocenters. The van der Waals surface area contributed by atoms with E-state index >= 15 is 0 Å². The summed E-state index contributed by atoms with van der Waals surface area (Å²) < 4.78 is 3.59. The molecule has 25 heavy (non-hydrogen) atoms. The second kappa shape index (κ2) is 8.03. The quantitative estimate of drug-likeness (QED) is 0.585. The van der Waals surface area contributed by atoms with E-state index in [2.05, 4.69) is 35.9 Å². The number of hydrogen-bond donors (Lipinski definition) is 0. The Bertz CT molecular complexity index is 848. The minimum absolute atomic E-state index is 0.0395. The highest BCUT2D eigenvalue weighted by Gasteiger charge is 2.20. The Morgan fingerprint density at radius 1 is 1.32 bits per heavy atom. The lowest BCUT2D eigenvalue weighted by Crippen LogP contribution is -2.36. The van der Waals surface area contributed by atoms with Gasteiger partial charge >= 0.3 is 0 Å². The van der Waals surface area contributed by atoms with Crippen LogP contribution in [0, 0.1) is 0 Å². The molecule has 0 N–H and O–H groups in total. The first-order valence-corrected chi connectivity index (χ1v) is 9.47. The third kappa shape index (κ3) is 4.62. The summed E-state index contributed by atoms with van der Waals surface area (Å²) in [4.78, 5) is 25.2. The van der Waals surface area contributed by atoms with E-state index < -0.39 is 0 Å². The topological polar surface area (TPSA) is 67.2 Å². The van der Waals surface area contributed by atoms with Crippen LogP contribution in [0.2, 0.25) is 0 Å². The average molecular weight is 423 g/mol. The molecule has 0 bridgehead atoms. The molecule has 9 heteroatoms. The molecule has 7 nitrogen and oxygen atoms in total. The molecule has 0 aliphatic carbocycles. The van der Waals surface area contributed by atoms with Crippen molar-refractivity contribution in [2.75, 3.05) is 32.1 Å². The van der Waals surface area contributed by atoms with Gasteiger partial charge in [-0.3, -0.25) is 9.69 Å². The number of amides is 1. The highest BCUT2D eigenvalue weighted by molar-refractivity contribution is 9.10. The lowest BCUT2D eigenvalue weighted by Gasteiger charge is -2.20. The Morgan fingerprint density at radius 2 is 2.16 bits per heavy atom. The molecule has 0 saturated heterocycles. The lowest BCUT2D eigenvalue weighted by molar-refractivity contribution is -0.119. The molecule has 0 saturated carbocycles. The van der Waals surface area contributed by atoms with Crippen LogP contribution in [0.3, 0.4) is 0 Å². The summed E-state index contributed by atoms with van der Waals surface area (Å²) in [5.74, 6) is -0.0395. The zero-order valence-electron chi connectivity index (χ0n) is 14.1. The van der Waals surface area contributed by atoms with Crippen LogP contribution in [-0.2, 0) is 11.3 Å². The molecule has 2 heterocycles. The Morgan fingerprint density at radius 3 is 2.88 bits per heavy atom. The van der Waals surface area contributed by atoms with Crippen LogP contribution < -0.4 is 4.90 Å². The maximum atomic E-state index is 12.8. The molecule has 1 amide bonds. The van der Waals surface area contributed by atoms with Gasteiger partial charge in [-0.2, -0.15) is 5.10 Å². The van der Waals surface area contributed by atoms with Crippen molar-refractivity contribution in [1.82, 2.24) is 24.6 Å². The Hall–Kier alpha value is -1.84. The van der Waals surface area contributed by atoms with E-state index in [4.69, 9.17) is 0 Å². The molecule has 0 aliphatic heterocycles. The number of hydrogen-bond acceptors (Lipinski definition) is 6. The minimum Gasteiger partial charge on any atom is -0.309 e. The molecule has 3 rings (SSSR count). The fraction of sp³-hybridized carbons (Fsp3) is 0.375. The van der Waals surface area contributed by atoms with E-state index in [1.807, 2.05) is 32.3 Å². The second-order valence-electron chi connectivity index (χ2n) is 5.90. The van der Waals surface area contributed by atoms with Gasteiger partial charge in [-0.15, -0.1) is 0 Å². The van der Waals surface area contributed by atoms with Crippen molar-refractivity contribution in [3.63, 3.8) is 0 Å². The predicted octanol–water partition coefficient (Wildman–Crippen LogP) is 2.64. The van der Waals surface area contributed by atoms with E-state index in [0.29, 0.717) is 6.54 Å². The first kappa shape index (κ1) is 18.0. The highest BCUT2D eigenvalue weighted by atomic mass is 79.9. The Kier molecular flexibility index (Phi) is 5.77. The molecule has 0 aliphatic rings. The van der Waals surface area contributed by atoms with Crippen LogP contribution in [0.25, 0.3) is 10.2 Å². The van der Waals surface area contributed by atoms with Crippen molar-refractivity contribution < 1.29 is 4.79 Å². The van der Waals surface area contributed by atoms with E-state index in [0.717, 1.165) is 32.8 Å². The van der Waals surface area contributed by atoms with Gasteiger partial charge in [0.15, 0.2) is 5.13 Å². The number of fused-ring (bicyclic) bond motifs is 1. The summed E-state index contributed by atoms with van der Waals surface area (Å²) in [5, 5.41) is 4.74. The van der Waals surface area contributed by atoms with Gasteiger partial charge in [0.25, 0.3) is 5.91 Å². The third-order valence-electron chi connectivity index (χ3n) is 3.62. The van der Waals surface area contributed by atoms with Crippen molar-refractivity contribution >= 4 is 48.5 Å². The fourth-order valence-electron chi connectivity index (χ4n) is 2.41. The molecule has 3 aromatic rings. The molecule has 0 atom stereocenters. The molecule has 2 aromatic heterocycles. The summed E-state index contributed by atoms with van der Waals surface area (Å²) in [7, 11) is 4.05. The average Bonchev–Trinajstić information content (AvgIpc) is 3.19. The normalized spacial score (nSPS) is 11.4. The second-order valence-corrected chi connectivity index (χ2v) is 7.83. The van der Waals surface area contributed by atoms with Crippen molar-refractivity contribution in [3.05, 3.63) is 35.3 Å². The third-order valence-corrected chi connectivity index (χ3v) is 5.16. The van der Waals surface area contributed by atoms with Crippen LogP contribution in [0.4, 0.5) is 5.13 Å². The lowest BCUT2D eigenvalue weighted by atomic mass is 10.3. The Labute approximate surface area is 158 Å². The number of nitrogens with zero attached hydrogens (tertiary/aromatic N) is 6. The van der Waals surface area contributed by atoms with Crippen LogP contribution in [0.15, 0.2) is 35.3 Å². The SMILES string of the molecule is CN(C)CCCN(C(=O)Cn1cncn1)c1nc2ccc(Br)cc2s1. The van der Waals surface area contributed by atoms with Gasteiger partial charge in [0.1, 0.15) is 19.2 Å². The van der Waals surface area contributed by atoms with Gasteiger partial charge < -0.3 is 4.90 Å². The summed E-state index contributed by atoms with van der Waals surface area (Å²) in [6, 6.07) is 5.94. The fourth-order valence-corrected chi connectivity index (χ4v) is 3.97. The van der Waals surface area contributed by atoms with E-state index in [9.17, 15) is 4.79 Å². The standard InChI is InChI=1S/C16H19BrN6OS/c1-21(2)6-3-7-23(15(24)9-22-11-18-10-19-22)16-20-13-5-4-12(17)8-14(13)25-16/h4-5,8,10-11H,3,6-7,9H2,1-2H3. The molecule has 0 spiro atoms. The van der Waals surface area contributed by atoms with Crippen molar-refractivity contribution in [2.45, 2.75) is 13.0 Å². The Balaban J connectivity index is 1.84.